The SMILES string of the molecule is CS(=O)(=O)c1cnc(CS(=O)(=O)Cc2cc(Cl)cc(Cl)c2)c(O)c1. The summed E-state index contributed by atoms with van der Waals surface area (Å²) in [7, 11) is -7.23. The highest BCUT2D eigenvalue weighted by molar-refractivity contribution is 7.90. The normalized spacial score (nSPS) is 12.3. The highest BCUT2D eigenvalue weighted by Crippen LogP contribution is 2.24. The predicted octanol–water partition coefficient (Wildman–Crippen LogP) is 2.61. The molecule has 0 aliphatic rings. The lowest BCUT2D eigenvalue weighted by molar-refractivity contribution is 0.463. The molecule has 10 heteroatoms. The van der Waals surface area contributed by atoms with Crippen LogP contribution in [-0.2, 0) is 31.2 Å². The fourth-order valence-electron chi connectivity index (χ4n) is 1.98. The smallest absolute Gasteiger partial charge is 0.177 e. The third kappa shape index (κ3) is 5.07. The van der Waals surface area contributed by atoms with E-state index in [0.717, 1.165) is 18.5 Å². The minimum atomic E-state index is -3.68. The van der Waals surface area contributed by atoms with Gasteiger partial charge in [-0.05, 0) is 23.8 Å². The number of pyridine rings is 1. The molecule has 0 aliphatic carbocycles. The molecular weight excluding hydrogens is 397 g/mol. The molecule has 0 aliphatic heterocycles. The van der Waals surface area contributed by atoms with E-state index in [0.29, 0.717) is 15.6 Å². The van der Waals surface area contributed by atoms with Crippen LogP contribution in [0.1, 0.15) is 11.3 Å². The largest absolute Gasteiger partial charge is 0.506 e. The number of benzene rings is 1. The quantitative estimate of drug-likeness (QED) is 0.813. The molecule has 0 radical (unpaired) electrons. The Balaban J connectivity index is 2.26. The maximum absolute atomic E-state index is 12.3. The first-order valence-electron chi connectivity index (χ1n) is 6.49. The van der Waals surface area contributed by atoms with Crippen molar-refractivity contribution in [1.29, 1.82) is 0 Å². The van der Waals surface area contributed by atoms with Gasteiger partial charge in [0.25, 0.3) is 0 Å². The van der Waals surface area contributed by atoms with Gasteiger partial charge in [0.2, 0.25) is 0 Å². The second kappa shape index (κ2) is 6.87. The Kier molecular flexibility index (Phi) is 5.44. The molecule has 6 nitrogen and oxygen atoms in total. The standard InChI is InChI=1S/C14H13Cl2NO5S2/c1-23(19,20)12-5-14(18)13(17-6-12)8-24(21,22)7-9-2-10(15)4-11(16)3-9/h2-6,18H,7-8H2,1H3. The predicted molar refractivity (Wildman–Crippen MR) is 91.8 cm³/mol. The summed E-state index contributed by atoms with van der Waals surface area (Å²) in [4.78, 5) is 3.55. The van der Waals surface area contributed by atoms with Crippen molar-refractivity contribution in [3.8, 4) is 5.75 Å². The van der Waals surface area contributed by atoms with Crippen LogP contribution in [0.4, 0.5) is 0 Å². The van der Waals surface area contributed by atoms with Crippen molar-refractivity contribution in [2.45, 2.75) is 16.4 Å². The summed E-state index contributed by atoms with van der Waals surface area (Å²) in [5.74, 6) is -1.39. The van der Waals surface area contributed by atoms with E-state index < -0.39 is 31.2 Å². The maximum atomic E-state index is 12.3. The molecule has 1 aromatic carbocycles. The molecule has 0 saturated heterocycles. The zero-order valence-electron chi connectivity index (χ0n) is 12.4. The van der Waals surface area contributed by atoms with Crippen LogP contribution >= 0.6 is 23.2 Å². The first-order valence-corrected chi connectivity index (χ1v) is 11.0. The van der Waals surface area contributed by atoms with Crippen LogP contribution in [0.25, 0.3) is 0 Å². The van der Waals surface area contributed by atoms with Crippen molar-refractivity contribution in [3.63, 3.8) is 0 Å². The van der Waals surface area contributed by atoms with E-state index in [1.165, 1.54) is 18.2 Å². The topological polar surface area (TPSA) is 101 Å². The first kappa shape index (κ1) is 19.0. The van der Waals surface area contributed by atoms with Gasteiger partial charge in [0, 0.05) is 28.6 Å². The highest BCUT2D eigenvalue weighted by Gasteiger charge is 2.19. The van der Waals surface area contributed by atoms with E-state index >= 15 is 0 Å². The van der Waals surface area contributed by atoms with Gasteiger partial charge in [0.05, 0.1) is 22.1 Å². The van der Waals surface area contributed by atoms with E-state index in [9.17, 15) is 21.9 Å². The van der Waals surface area contributed by atoms with E-state index in [1.807, 2.05) is 0 Å². The van der Waals surface area contributed by atoms with Gasteiger partial charge in [0.15, 0.2) is 19.7 Å². The minimum Gasteiger partial charge on any atom is -0.506 e. The molecule has 0 saturated carbocycles. The van der Waals surface area contributed by atoms with Crippen LogP contribution in [0, 0.1) is 0 Å². The molecule has 2 aromatic rings. The van der Waals surface area contributed by atoms with Gasteiger partial charge in [-0.25, -0.2) is 16.8 Å². The monoisotopic (exact) mass is 409 g/mol. The first-order chi connectivity index (χ1) is 11.0. The van der Waals surface area contributed by atoms with Crippen LogP contribution in [0.15, 0.2) is 35.4 Å². The van der Waals surface area contributed by atoms with Gasteiger partial charge in [-0.2, -0.15) is 0 Å². The lowest BCUT2D eigenvalue weighted by atomic mass is 10.2. The zero-order valence-corrected chi connectivity index (χ0v) is 15.5. The molecule has 2 rings (SSSR count). The molecule has 24 heavy (non-hydrogen) atoms. The number of hydrogen-bond donors (Lipinski definition) is 1. The van der Waals surface area contributed by atoms with E-state index in [1.54, 1.807) is 0 Å². The summed E-state index contributed by atoms with van der Waals surface area (Å²) < 4.78 is 47.3. The molecule has 1 N–H and O–H groups in total. The second-order valence-corrected chi connectivity index (χ2v) is 10.2. The fraction of sp³-hybridized carbons (Fsp3) is 0.214. The molecule has 1 heterocycles. The average molecular weight is 410 g/mol. The summed E-state index contributed by atoms with van der Waals surface area (Å²) >= 11 is 11.7. The van der Waals surface area contributed by atoms with Crippen LogP contribution < -0.4 is 0 Å². The Bertz CT molecular complexity index is 968. The van der Waals surface area contributed by atoms with Crippen LogP contribution in [-0.4, -0.2) is 33.2 Å². The van der Waals surface area contributed by atoms with Gasteiger partial charge in [-0.3, -0.25) is 4.98 Å². The zero-order chi connectivity index (χ0) is 18.1. The van der Waals surface area contributed by atoms with E-state index in [2.05, 4.69) is 4.98 Å². The number of hydrogen-bond acceptors (Lipinski definition) is 6. The third-order valence-corrected chi connectivity index (χ3v) is 6.02. The van der Waals surface area contributed by atoms with E-state index in [-0.39, 0.29) is 16.3 Å². The molecule has 0 bridgehead atoms. The Hall–Kier alpha value is -1.35. The summed E-state index contributed by atoms with van der Waals surface area (Å²) in [6, 6.07) is 5.41. The Labute approximate surface area is 149 Å². The average Bonchev–Trinajstić information content (AvgIpc) is 2.37. The van der Waals surface area contributed by atoms with Crippen molar-refractivity contribution in [2.75, 3.05) is 6.26 Å². The van der Waals surface area contributed by atoms with Gasteiger partial charge < -0.3 is 5.11 Å². The van der Waals surface area contributed by atoms with Gasteiger partial charge in [0.1, 0.15) is 5.75 Å². The molecule has 130 valence electrons. The van der Waals surface area contributed by atoms with E-state index in [4.69, 9.17) is 23.2 Å². The molecule has 0 atom stereocenters. The lowest BCUT2D eigenvalue weighted by Crippen LogP contribution is -2.10. The number of aromatic nitrogens is 1. The van der Waals surface area contributed by atoms with Gasteiger partial charge in [-0.1, -0.05) is 23.2 Å². The van der Waals surface area contributed by atoms with Crippen molar-refractivity contribution in [3.05, 3.63) is 51.8 Å². The fourth-order valence-corrected chi connectivity index (χ4v) is 4.54. The molecular formula is C14H13Cl2NO5S2. The highest BCUT2D eigenvalue weighted by atomic mass is 35.5. The molecule has 0 spiro atoms. The number of rotatable bonds is 5. The van der Waals surface area contributed by atoms with Crippen molar-refractivity contribution >= 4 is 42.9 Å². The second-order valence-electron chi connectivity index (χ2n) is 5.22. The number of sulfone groups is 2. The number of aromatic hydroxyl groups is 1. The lowest BCUT2D eigenvalue weighted by Gasteiger charge is -2.08. The maximum Gasteiger partial charge on any atom is 0.177 e. The van der Waals surface area contributed by atoms with Crippen LogP contribution in [0.3, 0.4) is 0 Å². The third-order valence-electron chi connectivity index (χ3n) is 3.02. The summed E-state index contributed by atoms with van der Waals surface area (Å²) in [6.07, 6.45) is 1.97. The molecule has 1 aromatic heterocycles. The molecule has 0 amide bonds. The summed E-state index contributed by atoms with van der Waals surface area (Å²) in [5, 5.41) is 10.5. The van der Waals surface area contributed by atoms with Crippen molar-refractivity contribution < 1.29 is 21.9 Å². The van der Waals surface area contributed by atoms with Crippen molar-refractivity contribution in [1.82, 2.24) is 4.98 Å². The van der Waals surface area contributed by atoms with Crippen LogP contribution in [0.2, 0.25) is 10.0 Å². The Morgan fingerprint density at radius 1 is 1.00 bits per heavy atom. The van der Waals surface area contributed by atoms with Crippen LogP contribution in [0.5, 0.6) is 5.75 Å². The van der Waals surface area contributed by atoms with Crippen molar-refractivity contribution in [2.24, 2.45) is 0 Å². The molecule has 0 fully saturated rings. The van der Waals surface area contributed by atoms with Gasteiger partial charge >= 0.3 is 0 Å². The summed E-state index contributed by atoms with van der Waals surface area (Å²) in [5.41, 5.74) is 0.273. The minimum absolute atomic E-state index is 0.129. The van der Waals surface area contributed by atoms with Gasteiger partial charge in [-0.15, -0.1) is 0 Å². The summed E-state index contributed by atoms with van der Waals surface area (Å²) in [6.45, 7) is 0. The number of halogens is 2. The molecule has 0 unspecified atom stereocenters. The number of nitrogens with zero attached hydrogens (tertiary/aromatic N) is 1. The Morgan fingerprint density at radius 3 is 2.08 bits per heavy atom. The Morgan fingerprint density at radius 2 is 1.58 bits per heavy atom.